The van der Waals surface area contributed by atoms with Gasteiger partial charge in [0.25, 0.3) is 11.5 Å². The molecule has 1 fully saturated rings. The second-order valence-corrected chi connectivity index (χ2v) is 7.55. The van der Waals surface area contributed by atoms with E-state index in [2.05, 4.69) is 22.4 Å². The van der Waals surface area contributed by atoms with Crippen molar-refractivity contribution in [1.82, 2.24) is 19.2 Å². The number of piperidine rings is 1. The van der Waals surface area contributed by atoms with Crippen LogP contribution in [0.4, 0.5) is 5.82 Å². The van der Waals surface area contributed by atoms with Crippen molar-refractivity contribution in [3.05, 3.63) is 58.0 Å². The van der Waals surface area contributed by atoms with Crippen molar-refractivity contribution in [1.29, 1.82) is 0 Å². The summed E-state index contributed by atoms with van der Waals surface area (Å²) in [6.07, 6.45) is 4.01. The molecule has 3 aromatic rings. The van der Waals surface area contributed by atoms with Gasteiger partial charge >= 0.3 is 0 Å². The van der Waals surface area contributed by atoms with Crippen molar-refractivity contribution in [2.75, 3.05) is 25.5 Å². The third-order valence-electron chi connectivity index (χ3n) is 5.67. The molecule has 28 heavy (non-hydrogen) atoms. The highest BCUT2D eigenvalue weighted by molar-refractivity contribution is 6.13. The number of nitrogens with zero attached hydrogens (tertiary/aromatic N) is 4. The predicted octanol–water partition coefficient (Wildman–Crippen LogP) is 2.56. The topological polar surface area (TPSA) is 72.2 Å². The van der Waals surface area contributed by atoms with Crippen LogP contribution in [-0.2, 0) is 7.05 Å². The van der Waals surface area contributed by atoms with Crippen LogP contribution < -0.4 is 10.9 Å². The monoisotopic (exact) mass is 379 g/mol. The smallest absolute Gasteiger partial charge is 0.258 e. The highest BCUT2D eigenvalue weighted by Crippen LogP contribution is 2.23. The molecule has 1 amide bonds. The normalized spacial score (nSPS) is 15.8. The van der Waals surface area contributed by atoms with E-state index >= 15 is 0 Å². The molecular formula is C21H25N5O2. The number of carbonyl (C=O) groups excluding carboxylic acids is 1. The minimum absolute atomic E-state index is 0.166. The molecule has 4 rings (SSSR count). The maximum atomic E-state index is 13.0. The van der Waals surface area contributed by atoms with Gasteiger partial charge in [-0.25, -0.2) is 0 Å². The third kappa shape index (κ3) is 3.22. The van der Waals surface area contributed by atoms with Crippen LogP contribution in [0, 0.1) is 6.92 Å². The summed E-state index contributed by atoms with van der Waals surface area (Å²) in [5, 5.41) is 8.19. The number of carbonyl (C=O) groups is 1. The van der Waals surface area contributed by atoms with Crippen molar-refractivity contribution in [2.45, 2.75) is 25.8 Å². The van der Waals surface area contributed by atoms with Crippen molar-refractivity contribution < 1.29 is 4.79 Å². The second-order valence-electron chi connectivity index (χ2n) is 7.55. The summed E-state index contributed by atoms with van der Waals surface area (Å²) in [5.41, 5.74) is 1.42. The summed E-state index contributed by atoms with van der Waals surface area (Å²) in [5.74, 6) is 0.202. The third-order valence-corrected chi connectivity index (χ3v) is 5.67. The van der Waals surface area contributed by atoms with Crippen molar-refractivity contribution in [3.63, 3.8) is 0 Å². The quantitative estimate of drug-likeness (QED) is 0.759. The van der Waals surface area contributed by atoms with Crippen molar-refractivity contribution in [2.24, 2.45) is 7.05 Å². The van der Waals surface area contributed by atoms with Gasteiger partial charge in [-0.05, 0) is 46.0 Å². The number of para-hydroxylation sites is 1. The molecule has 1 N–H and O–H groups in total. The summed E-state index contributed by atoms with van der Waals surface area (Å²) in [7, 11) is 3.85. The fraction of sp³-hybridized carbons (Fsp3) is 0.381. The number of rotatable bonds is 3. The molecule has 1 aliphatic heterocycles. The SMILES string of the molecule is Cc1c(C(=O)Nc2ccn(C3CCN(C)CC3)n2)c2ccccc2n(C)c1=O. The van der Waals surface area contributed by atoms with E-state index in [1.807, 2.05) is 41.2 Å². The van der Waals surface area contributed by atoms with Crippen LogP contribution >= 0.6 is 0 Å². The van der Waals surface area contributed by atoms with E-state index in [1.165, 1.54) is 0 Å². The molecule has 7 heteroatoms. The van der Waals surface area contributed by atoms with Crippen LogP contribution in [0.3, 0.4) is 0 Å². The Bertz CT molecular complexity index is 1090. The molecule has 0 atom stereocenters. The Morgan fingerprint density at radius 3 is 2.61 bits per heavy atom. The summed E-state index contributed by atoms with van der Waals surface area (Å²) in [6.45, 7) is 3.79. The highest BCUT2D eigenvalue weighted by atomic mass is 16.2. The zero-order valence-corrected chi connectivity index (χ0v) is 16.5. The maximum absolute atomic E-state index is 13.0. The van der Waals surface area contributed by atoms with Crippen LogP contribution in [0.15, 0.2) is 41.3 Å². The molecule has 0 aliphatic carbocycles. The lowest BCUT2D eigenvalue weighted by molar-refractivity contribution is 0.102. The molecule has 0 unspecified atom stereocenters. The number of fused-ring (bicyclic) bond motifs is 1. The van der Waals surface area contributed by atoms with Crippen molar-refractivity contribution >= 4 is 22.6 Å². The fourth-order valence-corrected chi connectivity index (χ4v) is 3.99. The van der Waals surface area contributed by atoms with E-state index in [1.54, 1.807) is 18.5 Å². The molecule has 1 aliphatic rings. The van der Waals surface area contributed by atoms with E-state index in [-0.39, 0.29) is 11.5 Å². The van der Waals surface area contributed by atoms with E-state index in [4.69, 9.17) is 0 Å². The molecule has 2 aromatic heterocycles. The molecule has 146 valence electrons. The number of anilines is 1. The second kappa shape index (κ2) is 7.24. The average Bonchev–Trinajstić information content (AvgIpc) is 3.15. The molecule has 0 bridgehead atoms. The standard InChI is InChI=1S/C21H25N5O2/c1-14-19(16-6-4-5-7-17(16)25(3)21(14)28)20(27)22-18-10-13-26(23-18)15-8-11-24(2)12-9-15/h4-7,10,13,15H,8-9,11-12H2,1-3H3,(H,22,23,27). The Morgan fingerprint density at radius 1 is 1.14 bits per heavy atom. The number of pyridine rings is 1. The lowest BCUT2D eigenvalue weighted by Crippen LogP contribution is -2.31. The molecule has 0 radical (unpaired) electrons. The number of nitrogens with one attached hydrogen (secondary N) is 1. The summed E-state index contributed by atoms with van der Waals surface area (Å²) < 4.78 is 3.52. The lowest BCUT2D eigenvalue weighted by atomic mass is 10.0. The van der Waals surface area contributed by atoms with Gasteiger partial charge in [-0.1, -0.05) is 18.2 Å². The molecule has 7 nitrogen and oxygen atoms in total. The van der Waals surface area contributed by atoms with E-state index < -0.39 is 0 Å². The van der Waals surface area contributed by atoms with Gasteiger partial charge in [0.05, 0.1) is 17.1 Å². The predicted molar refractivity (Wildman–Crippen MR) is 110 cm³/mol. The van der Waals surface area contributed by atoms with Gasteiger partial charge in [-0.3, -0.25) is 14.3 Å². The fourth-order valence-electron chi connectivity index (χ4n) is 3.99. The van der Waals surface area contributed by atoms with Crippen LogP contribution in [-0.4, -0.2) is 45.3 Å². The van der Waals surface area contributed by atoms with E-state index in [0.29, 0.717) is 23.0 Å². The molecule has 1 aromatic carbocycles. The minimum atomic E-state index is -0.306. The van der Waals surface area contributed by atoms with Gasteiger partial charge in [0, 0.05) is 30.3 Å². The maximum Gasteiger partial charge on any atom is 0.258 e. The number of aryl methyl sites for hydroxylation is 1. The van der Waals surface area contributed by atoms with Crippen LogP contribution in [0.2, 0.25) is 0 Å². The first-order valence-electron chi connectivity index (χ1n) is 9.59. The Hall–Kier alpha value is -2.93. The molecular weight excluding hydrogens is 354 g/mol. The largest absolute Gasteiger partial charge is 0.311 e. The van der Waals surface area contributed by atoms with Crippen molar-refractivity contribution in [3.8, 4) is 0 Å². The van der Waals surface area contributed by atoms with Crippen LogP contribution in [0.25, 0.3) is 10.9 Å². The molecule has 3 heterocycles. The lowest BCUT2D eigenvalue weighted by Gasteiger charge is -2.28. The number of likely N-dealkylation sites (tertiary alicyclic amines) is 1. The van der Waals surface area contributed by atoms with Crippen LogP contribution in [0.5, 0.6) is 0 Å². The molecule has 1 saturated heterocycles. The van der Waals surface area contributed by atoms with E-state index in [9.17, 15) is 9.59 Å². The zero-order valence-electron chi connectivity index (χ0n) is 16.5. The average molecular weight is 379 g/mol. The Kier molecular flexibility index (Phi) is 4.77. The number of hydrogen-bond donors (Lipinski definition) is 1. The van der Waals surface area contributed by atoms with Gasteiger partial charge < -0.3 is 14.8 Å². The first kappa shape index (κ1) is 18.4. The summed E-state index contributed by atoms with van der Waals surface area (Å²) >= 11 is 0. The highest BCUT2D eigenvalue weighted by Gasteiger charge is 2.21. The number of benzene rings is 1. The Balaban J connectivity index is 1.62. The Labute approximate surface area is 163 Å². The number of amides is 1. The first-order chi connectivity index (χ1) is 13.5. The van der Waals surface area contributed by atoms with Gasteiger partial charge in [-0.2, -0.15) is 5.10 Å². The first-order valence-corrected chi connectivity index (χ1v) is 9.59. The summed E-state index contributed by atoms with van der Waals surface area (Å²) in [6, 6.07) is 9.62. The number of aromatic nitrogens is 3. The molecule has 0 saturated carbocycles. The summed E-state index contributed by atoms with van der Waals surface area (Å²) in [4.78, 5) is 27.9. The van der Waals surface area contributed by atoms with Gasteiger partial charge in [0.1, 0.15) is 0 Å². The van der Waals surface area contributed by atoms with Gasteiger partial charge in [0.2, 0.25) is 0 Å². The Morgan fingerprint density at radius 2 is 1.86 bits per heavy atom. The number of hydrogen-bond acceptors (Lipinski definition) is 4. The van der Waals surface area contributed by atoms with Gasteiger partial charge in [-0.15, -0.1) is 0 Å². The van der Waals surface area contributed by atoms with Gasteiger partial charge in [0.15, 0.2) is 5.82 Å². The molecule has 0 spiro atoms. The van der Waals surface area contributed by atoms with Crippen LogP contribution in [0.1, 0.15) is 34.8 Å². The zero-order chi connectivity index (χ0) is 19.8. The van der Waals surface area contributed by atoms with E-state index in [0.717, 1.165) is 36.8 Å². The minimum Gasteiger partial charge on any atom is -0.311 e.